The van der Waals surface area contributed by atoms with Crippen LogP contribution in [0, 0.1) is 5.21 Å². The van der Waals surface area contributed by atoms with E-state index in [1.54, 1.807) is 39.4 Å². The minimum atomic E-state index is -3.86. The molecule has 2 aromatic heterocycles. The molecule has 0 atom stereocenters. The van der Waals surface area contributed by atoms with E-state index >= 15 is 0 Å². The molecular weight excluding hydrogens is 695 g/mol. The van der Waals surface area contributed by atoms with Crippen LogP contribution in [0.4, 0.5) is 0 Å². The third kappa shape index (κ3) is 7.02. The molecule has 1 amide bonds. The molecule has 7 rings (SSSR count). The Kier molecular flexibility index (Phi) is 10.0. The molecule has 282 valence electrons. The summed E-state index contributed by atoms with van der Waals surface area (Å²) in [6, 6.07) is 11.4. The van der Waals surface area contributed by atoms with Gasteiger partial charge in [0.25, 0.3) is 5.91 Å². The van der Waals surface area contributed by atoms with Crippen LogP contribution in [0.3, 0.4) is 0 Å². The number of amides is 1. The van der Waals surface area contributed by atoms with E-state index in [1.807, 2.05) is 22.9 Å². The van der Waals surface area contributed by atoms with Crippen molar-refractivity contribution in [1.82, 2.24) is 19.1 Å². The number of likely N-dealkylation sites (tertiary alicyclic amines) is 1. The summed E-state index contributed by atoms with van der Waals surface area (Å²) in [4.78, 5) is 27.1. The van der Waals surface area contributed by atoms with Crippen LogP contribution in [-0.4, -0.2) is 78.4 Å². The number of rotatable bonds is 9. The van der Waals surface area contributed by atoms with Gasteiger partial charge in [-0.05, 0) is 92.6 Å². The number of hydroxylamine groups is 3. The summed E-state index contributed by atoms with van der Waals surface area (Å²) in [6.45, 7) is 6.23. The van der Waals surface area contributed by atoms with Crippen molar-refractivity contribution in [3.05, 3.63) is 75.8 Å². The Morgan fingerprint density at radius 3 is 2.45 bits per heavy atom. The monoisotopic (exact) mass is 743 g/mol. The lowest BCUT2D eigenvalue weighted by Crippen LogP contribution is -2.45. The van der Waals surface area contributed by atoms with Gasteiger partial charge in [0.1, 0.15) is 11.3 Å². The van der Waals surface area contributed by atoms with E-state index in [-0.39, 0.29) is 28.8 Å². The second kappa shape index (κ2) is 14.4. The molecule has 2 aromatic carbocycles. The van der Waals surface area contributed by atoms with Crippen LogP contribution in [0.5, 0.6) is 5.75 Å². The number of nitrogens with one attached hydrogen (secondary N) is 1. The molecule has 0 radical (unpaired) electrons. The molecule has 1 saturated carbocycles. The first kappa shape index (κ1) is 36.9. The molecule has 4 heterocycles. The van der Waals surface area contributed by atoms with Gasteiger partial charge in [-0.25, -0.2) is 17.9 Å². The van der Waals surface area contributed by atoms with Gasteiger partial charge in [-0.3, -0.25) is 9.48 Å². The molecule has 3 aliphatic rings. The highest BCUT2D eigenvalue weighted by Crippen LogP contribution is 2.48. The average Bonchev–Trinajstić information content (AvgIpc) is 3.66. The van der Waals surface area contributed by atoms with Gasteiger partial charge in [-0.15, -0.1) is 0 Å². The number of methoxy groups -OCH3 is 1. The number of aromatic nitrogens is 3. The topological polar surface area (TPSA) is 145 Å². The molecule has 0 bridgehead atoms. The van der Waals surface area contributed by atoms with Crippen LogP contribution in [0.2, 0.25) is 0 Å². The molecule has 0 unspecified atom stereocenters. The molecule has 1 N–H and O–H groups in total. The number of nitrogens with zero attached hydrogens (tertiary/aromatic N) is 4. The number of piperidine rings is 1. The lowest BCUT2D eigenvalue weighted by Gasteiger charge is -2.44. The Morgan fingerprint density at radius 1 is 1.04 bits per heavy atom. The summed E-state index contributed by atoms with van der Waals surface area (Å²) < 4.78 is 42.8. The maximum absolute atomic E-state index is 13.6. The summed E-state index contributed by atoms with van der Waals surface area (Å²) in [5.74, 6) is -0.195. The van der Waals surface area contributed by atoms with E-state index in [4.69, 9.17) is 14.6 Å². The smallest absolute Gasteiger partial charge is 0.341 e. The number of fused-ring (bicyclic) bond motifs is 5. The summed E-state index contributed by atoms with van der Waals surface area (Å²) in [5, 5.41) is 17.9. The molecule has 1 saturated heterocycles. The molecule has 13 heteroatoms. The number of esters is 1. The number of ether oxygens (including phenoxy) is 2. The van der Waals surface area contributed by atoms with Crippen molar-refractivity contribution in [2.45, 2.75) is 89.5 Å². The van der Waals surface area contributed by atoms with Crippen LogP contribution >= 0.6 is 0 Å². The van der Waals surface area contributed by atoms with Crippen molar-refractivity contribution in [1.29, 1.82) is 0 Å². The molecule has 53 heavy (non-hydrogen) atoms. The summed E-state index contributed by atoms with van der Waals surface area (Å²) in [6.07, 6.45) is 10.4. The lowest BCUT2D eigenvalue weighted by molar-refractivity contribution is -0.866. The first-order valence-corrected chi connectivity index (χ1v) is 20.3. The lowest BCUT2D eigenvalue weighted by atomic mass is 9.81. The van der Waals surface area contributed by atoms with Crippen molar-refractivity contribution >= 4 is 44.5 Å². The maximum atomic E-state index is 13.6. The quantitative estimate of drug-likeness (QED) is 0.109. The van der Waals surface area contributed by atoms with E-state index in [2.05, 4.69) is 21.4 Å². The van der Waals surface area contributed by atoms with Crippen molar-refractivity contribution in [2.24, 2.45) is 0 Å². The van der Waals surface area contributed by atoms with Crippen LogP contribution in [0.25, 0.3) is 33.8 Å². The van der Waals surface area contributed by atoms with Crippen molar-refractivity contribution in [3.63, 3.8) is 0 Å². The molecule has 4 aromatic rings. The van der Waals surface area contributed by atoms with Gasteiger partial charge < -0.3 is 23.9 Å². The Balaban J connectivity index is 1.48. The van der Waals surface area contributed by atoms with Gasteiger partial charge >= 0.3 is 5.97 Å². The SMILES string of the molecule is CCOC(=O)c1cnn(C2CC[N+](C)([O-])CC2)c1C1=Cc2cc(OC)ccc2-c2c(C3CCCCC3)c3ccc(C(=O)NS(=O)(=O)C(C)C)cc3n2C1. The van der Waals surface area contributed by atoms with Gasteiger partial charge in [-0.2, -0.15) is 5.10 Å². The van der Waals surface area contributed by atoms with Crippen LogP contribution in [-0.2, 0) is 21.3 Å². The van der Waals surface area contributed by atoms with Crippen molar-refractivity contribution in [2.75, 3.05) is 33.9 Å². The second-order valence-electron chi connectivity index (χ2n) is 15.1. The minimum absolute atomic E-state index is 0.0980. The third-order valence-corrected chi connectivity index (χ3v) is 12.9. The highest BCUT2D eigenvalue weighted by Gasteiger charge is 2.34. The highest BCUT2D eigenvalue weighted by molar-refractivity contribution is 7.90. The normalized spacial score (nSPS) is 20.7. The fraction of sp³-hybridized carbons (Fsp3) is 0.475. The predicted molar refractivity (Wildman–Crippen MR) is 205 cm³/mol. The van der Waals surface area contributed by atoms with Gasteiger partial charge in [0.2, 0.25) is 10.0 Å². The van der Waals surface area contributed by atoms with Crippen LogP contribution in [0.15, 0.2) is 42.6 Å². The molecule has 1 aliphatic carbocycles. The van der Waals surface area contributed by atoms with Crippen LogP contribution in [0.1, 0.15) is 115 Å². The van der Waals surface area contributed by atoms with Crippen molar-refractivity contribution in [3.8, 4) is 17.0 Å². The van der Waals surface area contributed by atoms with E-state index < -0.39 is 27.1 Å². The first-order valence-electron chi connectivity index (χ1n) is 18.7. The zero-order valence-electron chi connectivity index (χ0n) is 31.2. The van der Waals surface area contributed by atoms with Gasteiger partial charge in [0.15, 0.2) is 0 Å². The molecule has 2 fully saturated rings. The zero-order chi connectivity index (χ0) is 37.7. The number of carbonyl (C=O) groups is 2. The third-order valence-electron chi connectivity index (χ3n) is 11.2. The van der Waals surface area contributed by atoms with E-state index in [0.717, 1.165) is 59.0 Å². The fourth-order valence-electron chi connectivity index (χ4n) is 8.29. The molecule has 12 nitrogen and oxygen atoms in total. The highest BCUT2D eigenvalue weighted by atomic mass is 32.2. The minimum Gasteiger partial charge on any atom is -0.633 e. The Morgan fingerprint density at radius 2 is 1.77 bits per heavy atom. The van der Waals surface area contributed by atoms with Crippen LogP contribution < -0.4 is 9.46 Å². The predicted octanol–water partition coefficient (Wildman–Crippen LogP) is 7.04. The summed E-state index contributed by atoms with van der Waals surface area (Å²) in [5.41, 5.74) is 6.97. The Bertz CT molecular complexity index is 2200. The molecular formula is C40H49N5O7S. The molecule has 2 aliphatic heterocycles. The van der Waals surface area contributed by atoms with Gasteiger partial charge in [0, 0.05) is 34.9 Å². The summed E-state index contributed by atoms with van der Waals surface area (Å²) in [7, 11) is -0.531. The van der Waals surface area contributed by atoms with Gasteiger partial charge in [-0.1, -0.05) is 25.3 Å². The standard InChI is InChI=1S/C40H49N5O7S/c1-6-52-40(47)34-23-41-44(30-16-18-45(4,48)19-17-30)37(34)29-20-28-21-31(51-5)13-15-32(28)38-36(26-10-8-7-9-11-26)33-14-12-27(22-35(33)43(38)24-29)39(46)42-53(49,50)25(2)3/h12-15,20-23,25-26,30H,6-11,16-19,24H2,1-5H3,(H,42,46). The largest absolute Gasteiger partial charge is 0.633 e. The van der Waals surface area contributed by atoms with E-state index in [9.17, 15) is 23.2 Å². The average molecular weight is 744 g/mol. The number of benzene rings is 2. The first-order chi connectivity index (χ1) is 25.3. The number of quaternary nitrogens is 1. The van der Waals surface area contributed by atoms with E-state index in [1.165, 1.54) is 25.8 Å². The number of carbonyl (C=O) groups excluding carboxylic acids is 2. The number of hydrogen-bond donors (Lipinski definition) is 1. The van der Waals surface area contributed by atoms with E-state index in [0.29, 0.717) is 49.5 Å². The summed E-state index contributed by atoms with van der Waals surface area (Å²) >= 11 is 0. The molecule has 0 spiro atoms. The number of hydrogen-bond acceptors (Lipinski definition) is 8. The Hall–Kier alpha value is -4.46. The number of sulfonamides is 1. The zero-order valence-corrected chi connectivity index (χ0v) is 32.0. The number of allylic oxidation sites excluding steroid dienone is 1. The second-order valence-corrected chi connectivity index (χ2v) is 17.3. The Labute approximate surface area is 311 Å². The fourth-order valence-corrected chi connectivity index (χ4v) is 8.91. The van der Waals surface area contributed by atoms with Crippen molar-refractivity contribution < 1.29 is 32.1 Å². The maximum Gasteiger partial charge on any atom is 0.341 e. The van der Waals surface area contributed by atoms with Gasteiger partial charge in [0.05, 0.1) is 69.3 Å².